The van der Waals surface area contributed by atoms with Crippen molar-refractivity contribution in [2.45, 2.75) is 18.0 Å². The fourth-order valence-corrected chi connectivity index (χ4v) is 2.38. The molecule has 0 heterocycles. The van der Waals surface area contributed by atoms with E-state index in [4.69, 9.17) is 5.73 Å². The van der Waals surface area contributed by atoms with Crippen LogP contribution in [0.1, 0.15) is 5.56 Å². The van der Waals surface area contributed by atoms with E-state index in [-0.39, 0.29) is 11.3 Å². The van der Waals surface area contributed by atoms with Crippen LogP contribution in [-0.2, 0) is 5.67 Å². The van der Waals surface area contributed by atoms with Crippen LogP contribution in [-0.4, -0.2) is 19.5 Å². The van der Waals surface area contributed by atoms with E-state index in [0.717, 1.165) is 13.2 Å². The molecule has 2 aromatic rings. The SMILES string of the molecule is COc1cc(C(F)(C(F)(F)F)C(F)(F)F)c(-c2ccccc2)cc1N. The Kier molecular flexibility index (Phi) is 4.63. The highest BCUT2D eigenvalue weighted by Crippen LogP contribution is 2.56. The standard InChI is InChI=1S/C16H12F7NO/c1-25-13-8-11(14(17,15(18,19)20)16(21,22)23)10(7-12(13)24)9-5-3-2-4-6-9/h2-8H,24H2,1H3. The van der Waals surface area contributed by atoms with Gasteiger partial charge in [0.1, 0.15) is 5.75 Å². The van der Waals surface area contributed by atoms with Gasteiger partial charge < -0.3 is 10.5 Å². The summed E-state index contributed by atoms with van der Waals surface area (Å²) in [5.41, 5.74) is -2.54. The molecular formula is C16H12F7NO. The van der Waals surface area contributed by atoms with Crippen LogP contribution in [0.25, 0.3) is 11.1 Å². The fourth-order valence-electron chi connectivity index (χ4n) is 2.38. The molecule has 0 aliphatic heterocycles. The number of benzene rings is 2. The second-order valence-corrected chi connectivity index (χ2v) is 5.16. The Labute approximate surface area is 138 Å². The van der Waals surface area contributed by atoms with Gasteiger partial charge in [0.05, 0.1) is 12.8 Å². The van der Waals surface area contributed by atoms with Gasteiger partial charge in [0.15, 0.2) is 0 Å². The van der Waals surface area contributed by atoms with Crippen LogP contribution in [0.3, 0.4) is 0 Å². The monoisotopic (exact) mass is 367 g/mol. The predicted molar refractivity (Wildman–Crippen MR) is 77.7 cm³/mol. The first-order valence-corrected chi connectivity index (χ1v) is 6.79. The van der Waals surface area contributed by atoms with Gasteiger partial charge in [0.25, 0.3) is 0 Å². The summed E-state index contributed by atoms with van der Waals surface area (Å²) < 4.78 is 98.2. The van der Waals surface area contributed by atoms with Gasteiger partial charge >= 0.3 is 18.0 Å². The van der Waals surface area contributed by atoms with Gasteiger partial charge in [-0.2, -0.15) is 26.3 Å². The molecule has 0 saturated carbocycles. The summed E-state index contributed by atoms with van der Waals surface area (Å²) in [6.07, 6.45) is -12.5. The van der Waals surface area contributed by atoms with Gasteiger partial charge in [-0.25, -0.2) is 4.39 Å². The molecule has 0 radical (unpaired) electrons. The second-order valence-electron chi connectivity index (χ2n) is 5.16. The van der Waals surface area contributed by atoms with Crippen molar-refractivity contribution in [2.24, 2.45) is 0 Å². The molecule has 0 amide bonds. The maximum absolute atomic E-state index is 14.6. The minimum absolute atomic E-state index is 0.0534. The van der Waals surface area contributed by atoms with Crippen molar-refractivity contribution >= 4 is 5.69 Å². The Balaban J connectivity index is 2.91. The zero-order chi connectivity index (χ0) is 19.0. The summed E-state index contributed by atoms with van der Waals surface area (Å²) in [7, 11) is 0.999. The number of methoxy groups -OCH3 is 1. The van der Waals surface area contributed by atoms with Gasteiger partial charge in [-0.15, -0.1) is 0 Å². The van der Waals surface area contributed by atoms with Gasteiger partial charge in [-0.05, 0) is 23.3 Å². The summed E-state index contributed by atoms with van der Waals surface area (Å²) in [5, 5.41) is 0. The number of nitrogen functional groups attached to an aromatic ring is 1. The summed E-state index contributed by atoms with van der Waals surface area (Å²) in [5.74, 6) is -0.495. The Hall–Kier alpha value is -2.45. The van der Waals surface area contributed by atoms with Crippen LogP contribution in [0.5, 0.6) is 5.75 Å². The Bertz CT molecular complexity index is 740. The lowest BCUT2D eigenvalue weighted by Crippen LogP contribution is -2.50. The molecule has 0 unspecified atom stereocenters. The molecule has 0 spiro atoms. The molecule has 9 heteroatoms. The molecule has 0 saturated heterocycles. The first-order chi connectivity index (χ1) is 11.4. The van der Waals surface area contributed by atoms with Crippen LogP contribution >= 0.6 is 0 Å². The first kappa shape index (κ1) is 18.9. The smallest absolute Gasteiger partial charge is 0.435 e. The number of anilines is 1. The third-order valence-electron chi connectivity index (χ3n) is 3.61. The normalized spacial score (nSPS) is 13.0. The van der Waals surface area contributed by atoms with E-state index >= 15 is 0 Å². The van der Waals surface area contributed by atoms with E-state index in [2.05, 4.69) is 4.74 Å². The quantitative estimate of drug-likeness (QED) is 0.595. The third-order valence-corrected chi connectivity index (χ3v) is 3.61. The van der Waals surface area contributed by atoms with Crippen LogP contribution in [0.2, 0.25) is 0 Å². The van der Waals surface area contributed by atoms with Gasteiger partial charge in [0, 0.05) is 5.56 Å². The summed E-state index contributed by atoms with van der Waals surface area (Å²) in [6, 6.07) is 7.94. The number of alkyl halides is 7. The van der Waals surface area contributed by atoms with E-state index < -0.39 is 34.9 Å². The average Bonchev–Trinajstić information content (AvgIpc) is 2.52. The summed E-state index contributed by atoms with van der Waals surface area (Å²) in [6.45, 7) is 0. The lowest BCUT2D eigenvalue weighted by molar-refractivity contribution is -0.348. The fraction of sp³-hybridized carbons (Fsp3) is 0.250. The maximum Gasteiger partial charge on any atom is 0.435 e. The van der Waals surface area contributed by atoms with E-state index in [0.29, 0.717) is 6.07 Å². The molecule has 2 N–H and O–H groups in total. The van der Waals surface area contributed by atoms with Crippen molar-refractivity contribution in [1.29, 1.82) is 0 Å². The summed E-state index contributed by atoms with van der Waals surface area (Å²) in [4.78, 5) is 0. The van der Waals surface area contributed by atoms with Crippen molar-refractivity contribution in [2.75, 3.05) is 12.8 Å². The van der Waals surface area contributed by atoms with E-state index in [1.54, 1.807) is 0 Å². The molecule has 0 aromatic heterocycles. The van der Waals surface area contributed by atoms with Crippen molar-refractivity contribution in [3.8, 4) is 16.9 Å². The molecule has 0 atom stereocenters. The molecule has 2 nitrogen and oxygen atoms in total. The van der Waals surface area contributed by atoms with Gasteiger partial charge in [-0.1, -0.05) is 30.3 Å². The zero-order valence-corrected chi connectivity index (χ0v) is 12.7. The average molecular weight is 367 g/mol. The van der Waals surface area contributed by atoms with Crippen molar-refractivity contribution in [3.63, 3.8) is 0 Å². The maximum atomic E-state index is 14.6. The molecule has 2 rings (SSSR count). The minimum atomic E-state index is -6.24. The van der Waals surface area contributed by atoms with E-state index in [1.807, 2.05) is 0 Å². The summed E-state index contributed by atoms with van der Waals surface area (Å²) >= 11 is 0. The number of hydrogen-bond acceptors (Lipinski definition) is 2. The highest BCUT2D eigenvalue weighted by molar-refractivity contribution is 5.75. The van der Waals surface area contributed by atoms with Gasteiger partial charge in [0.2, 0.25) is 0 Å². The van der Waals surface area contributed by atoms with Crippen LogP contribution in [0, 0.1) is 0 Å². The number of ether oxygens (including phenoxy) is 1. The van der Waals surface area contributed by atoms with Crippen LogP contribution in [0.4, 0.5) is 36.4 Å². The van der Waals surface area contributed by atoms with Crippen LogP contribution in [0.15, 0.2) is 42.5 Å². The topological polar surface area (TPSA) is 35.2 Å². The van der Waals surface area contributed by atoms with Crippen molar-refractivity contribution < 1.29 is 35.5 Å². The highest BCUT2D eigenvalue weighted by Gasteiger charge is 2.74. The van der Waals surface area contributed by atoms with Crippen molar-refractivity contribution in [3.05, 3.63) is 48.0 Å². The second kappa shape index (κ2) is 6.12. The van der Waals surface area contributed by atoms with Crippen LogP contribution < -0.4 is 10.5 Å². The number of rotatable bonds is 3. The van der Waals surface area contributed by atoms with E-state index in [1.165, 1.54) is 30.3 Å². The van der Waals surface area contributed by atoms with Gasteiger partial charge in [-0.3, -0.25) is 0 Å². The number of halogens is 7. The molecule has 0 bridgehead atoms. The molecule has 25 heavy (non-hydrogen) atoms. The largest absolute Gasteiger partial charge is 0.495 e. The molecule has 136 valence electrons. The lowest BCUT2D eigenvalue weighted by Gasteiger charge is -2.32. The predicted octanol–water partition coefficient (Wildman–Crippen LogP) is 5.23. The zero-order valence-electron chi connectivity index (χ0n) is 12.7. The molecular weight excluding hydrogens is 355 g/mol. The number of hydrogen-bond donors (Lipinski definition) is 1. The lowest BCUT2D eigenvalue weighted by atomic mass is 9.86. The Morgan fingerprint density at radius 1 is 0.840 bits per heavy atom. The molecule has 0 aliphatic rings. The van der Waals surface area contributed by atoms with Crippen molar-refractivity contribution in [1.82, 2.24) is 0 Å². The molecule has 2 aromatic carbocycles. The molecule has 0 fully saturated rings. The highest BCUT2D eigenvalue weighted by atomic mass is 19.4. The molecule has 0 aliphatic carbocycles. The van der Waals surface area contributed by atoms with E-state index in [9.17, 15) is 30.7 Å². The minimum Gasteiger partial charge on any atom is -0.495 e. The number of nitrogens with two attached hydrogens (primary N) is 1. The Morgan fingerprint density at radius 2 is 1.36 bits per heavy atom. The first-order valence-electron chi connectivity index (χ1n) is 6.79. The third kappa shape index (κ3) is 3.10. The Morgan fingerprint density at radius 3 is 1.80 bits per heavy atom.